The second kappa shape index (κ2) is 7.76. The molecule has 1 aromatic heterocycles. The Kier molecular flexibility index (Phi) is 5.42. The first-order chi connectivity index (χ1) is 10.3. The van der Waals surface area contributed by atoms with Crippen LogP contribution in [0.5, 0.6) is 0 Å². The maximum absolute atomic E-state index is 11.6. The van der Waals surface area contributed by atoms with Gasteiger partial charge in [-0.3, -0.25) is 19.4 Å². The summed E-state index contributed by atoms with van der Waals surface area (Å²) < 4.78 is 0. The van der Waals surface area contributed by atoms with Crippen LogP contribution in [0.25, 0.3) is 0 Å². The van der Waals surface area contributed by atoms with Crippen molar-refractivity contribution in [2.45, 2.75) is 0 Å². The average Bonchev–Trinajstić information content (AvgIpc) is 2.55. The Labute approximate surface area is 122 Å². The number of pyridine rings is 1. The summed E-state index contributed by atoms with van der Waals surface area (Å²) in [7, 11) is 0. The minimum atomic E-state index is -0.327. The fourth-order valence-corrected chi connectivity index (χ4v) is 1.57. The van der Waals surface area contributed by atoms with Gasteiger partial charge in [0.2, 0.25) is 0 Å². The van der Waals surface area contributed by atoms with Crippen LogP contribution in [0.15, 0.2) is 54.7 Å². The number of nitrogens with zero attached hydrogens (tertiary/aromatic N) is 1. The van der Waals surface area contributed by atoms with Gasteiger partial charge in [0, 0.05) is 18.3 Å². The number of rotatable bonds is 6. The number of hydroxylamine groups is 1. The fourth-order valence-electron chi connectivity index (χ4n) is 1.57. The largest absolute Gasteiger partial charge is 0.348 e. The minimum absolute atomic E-state index is 0.164. The van der Waals surface area contributed by atoms with E-state index in [1.165, 1.54) is 0 Å². The Hall–Kier alpha value is -2.73. The normalized spacial score (nSPS) is 9.90. The van der Waals surface area contributed by atoms with Gasteiger partial charge in [0.25, 0.3) is 11.8 Å². The highest BCUT2D eigenvalue weighted by atomic mass is 16.6. The number of benzene rings is 1. The maximum Gasteiger partial charge on any atom is 0.274 e. The standard InChI is InChI=1S/C15H15N3O3/c19-14(12-6-2-1-3-7-12)18-21-11-10-17-15(20)13-8-4-5-9-16-13/h1-9H,10-11H2,(H,17,20)(H,18,19). The molecule has 0 spiro atoms. The number of carbonyl (C=O) groups excluding carboxylic acids is 2. The fraction of sp³-hybridized carbons (Fsp3) is 0.133. The first kappa shape index (κ1) is 14.7. The molecule has 1 heterocycles. The lowest BCUT2D eigenvalue weighted by Gasteiger charge is -2.07. The number of carbonyl (C=O) groups is 2. The van der Waals surface area contributed by atoms with E-state index in [0.717, 1.165) is 0 Å². The maximum atomic E-state index is 11.6. The zero-order valence-electron chi connectivity index (χ0n) is 11.3. The lowest BCUT2D eigenvalue weighted by Crippen LogP contribution is -2.31. The highest BCUT2D eigenvalue weighted by Crippen LogP contribution is 1.97. The van der Waals surface area contributed by atoms with Crippen LogP contribution >= 0.6 is 0 Å². The van der Waals surface area contributed by atoms with Gasteiger partial charge in [-0.25, -0.2) is 5.48 Å². The van der Waals surface area contributed by atoms with E-state index in [9.17, 15) is 9.59 Å². The zero-order valence-corrected chi connectivity index (χ0v) is 11.3. The second-order valence-electron chi connectivity index (χ2n) is 4.12. The third kappa shape index (κ3) is 4.70. The van der Waals surface area contributed by atoms with E-state index in [-0.39, 0.29) is 25.0 Å². The van der Waals surface area contributed by atoms with Crippen LogP contribution in [0.1, 0.15) is 20.8 Å². The molecule has 6 nitrogen and oxygen atoms in total. The molecule has 0 bridgehead atoms. The molecule has 0 saturated heterocycles. The third-order valence-corrected chi connectivity index (χ3v) is 2.59. The van der Waals surface area contributed by atoms with Gasteiger partial charge >= 0.3 is 0 Å². The van der Waals surface area contributed by atoms with Gasteiger partial charge in [0.1, 0.15) is 5.69 Å². The molecular formula is C15H15N3O3. The molecule has 0 aliphatic heterocycles. The molecule has 6 heteroatoms. The van der Waals surface area contributed by atoms with E-state index in [2.05, 4.69) is 15.8 Å². The molecule has 2 N–H and O–H groups in total. The lowest BCUT2D eigenvalue weighted by atomic mass is 10.2. The number of hydrogen-bond donors (Lipinski definition) is 2. The van der Waals surface area contributed by atoms with E-state index in [0.29, 0.717) is 11.3 Å². The average molecular weight is 285 g/mol. The molecule has 2 rings (SSSR count). The summed E-state index contributed by atoms with van der Waals surface area (Å²) in [6.07, 6.45) is 1.55. The lowest BCUT2D eigenvalue weighted by molar-refractivity contribution is 0.0323. The molecule has 21 heavy (non-hydrogen) atoms. The van der Waals surface area contributed by atoms with Gasteiger partial charge in [0.05, 0.1) is 6.61 Å². The summed E-state index contributed by atoms with van der Waals surface area (Å²) >= 11 is 0. The molecular weight excluding hydrogens is 270 g/mol. The van der Waals surface area contributed by atoms with Crippen molar-refractivity contribution >= 4 is 11.8 Å². The summed E-state index contributed by atoms with van der Waals surface area (Å²) in [5, 5.41) is 2.63. The number of hydrogen-bond acceptors (Lipinski definition) is 4. The van der Waals surface area contributed by atoms with Crippen molar-refractivity contribution in [1.82, 2.24) is 15.8 Å². The van der Waals surface area contributed by atoms with E-state index >= 15 is 0 Å². The zero-order chi connectivity index (χ0) is 14.9. The van der Waals surface area contributed by atoms with Crippen molar-refractivity contribution in [3.05, 3.63) is 66.0 Å². The summed E-state index contributed by atoms with van der Waals surface area (Å²) in [6, 6.07) is 13.8. The highest BCUT2D eigenvalue weighted by molar-refractivity contribution is 5.93. The Bertz CT molecular complexity index is 534. The van der Waals surface area contributed by atoms with Crippen molar-refractivity contribution < 1.29 is 14.4 Å². The van der Waals surface area contributed by atoms with Crippen LogP contribution in [0.3, 0.4) is 0 Å². The number of aromatic nitrogens is 1. The van der Waals surface area contributed by atoms with Crippen LogP contribution in [0, 0.1) is 0 Å². The van der Waals surface area contributed by atoms with Gasteiger partial charge in [-0.05, 0) is 24.3 Å². The quantitative estimate of drug-likeness (QED) is 0.617. The van der Waals surface area contributed by atoms with Crippen LogP contribution in [-0.4, -0.2) is 29.9 Å². The number of nitrogens with one attached hydrogen (secondary N) is 2. The molecule has 0 atom stereocenters. The van der Waals surface area contributed by atoms with Crippen LogP contribution < -0.4 is 10.8 Å². The smallest absolute Gasteiger partial charge is 0.274 e. The predicted octanol–water partition coefficient (Wildman–Crippen LogP) is 1.17. The number of amides is 2. The van der Waals surface area contributed by atoms with Crippen molar-refractivity contribution in [3.63, 3.8) is 0 Å². The van der Waals surface area contributed by atoms with Gasteiger partial charge in [0.15, 0.2) is 0 Å². The summed E-state index contributed by atoms with van der Waals surface area (Å²) in [5.41, 5.74) is 3.15. The molecule has 0 aliphatic rings. The van der Waals surface area contributed by atoms with Crippen molar-refractivity contribution in [1.29, 1.82) is 0 Å². The highest BCUT2D eigenvalue weighted by Gasteiger charge is 2.06. The van der Waals surface area contributed by atoms with Crippen LogP contribution in [0.4, 0.5) is 0 Å². The Morgan fingerprint density at radius 3 is 2.48 bits per heavy atom. The molecule has 0 fully saturated rings. The Morgan fingerprint density at radius 1 is 1.00 bits per heavy atom. The third-order valence-electron chi connectivity index (χ3n) is 2.59. The predicted molar refractivity (Wildman–Crippen MR) is 76.4 cm³/mol. The molecule has 1 aromatic carbocycles. The Balaban J connectivity index is 1.64. The molecule has 2 amide bonds. The monoisotopic (exact) mass is 285 g/mol. The van der Waals surface area contributed by atoms with E-state index in [1.807, 2.05) is 6.07 Å². The van der Waals surface area contributed by atoms with Gasteiger partial charge in [-0.15, -0.1) is 0 Å². The van der Waals surface area contributed by atoms with E-state index in [4.69, 9.17) is 4.84 Å². The van der Waals surface area contributed by atoms with Crippen molar-refractivity contribution in [2.75, 3.05) is 13.2 Å². The van der Waals surface area contributed by atoms with Gasteiger partial charge < -0.3 is 5.32 Å². The molecule has 0 saturated carbocycles. The SMILES string of the molecule is O=C(NOCCNC(=O)c1ccccn1)c1ccccc1. The summed E-state index contributed by atoms with van der Waals surface area (Å²) in [5.74, 6) is -0.611. The topological polar surface area (TPSA) is 80.3 Å². The molecule has 108 valence electrons. The molecule has 2 aromatic rings. The molecule has 0 aliphatic carbocycles. The molecule has 0 radical (unpaired) electrons. The summed E-state index contributed by atoms with van der Waals surface area (Å²) in [6.45, 7) is 0.432. The first-order valence-corrected chi connectivity index (χ1v) is 6.44. The summed E-state index contributed by atoms with van der Waals surface area (Å²) in [4.78, 5) is 32.2. The second-order valence-corrected chi connectivity index (χ2v) is 4.12. The van der Waals surface area contributed by atoms with Crippen molar-refractivity contribution in [3.8, 4) is 0 Å². The van der Waals surface area contributed by atoms with Gasteiger partial charge in [-0.1, -0.05) is 24.3 Å². The Morgan fingerprint density at radius 2 is 1.76 bits per heavy atom. The minimum Gasteiger partial charge on any atom is -0.348 e. The van der Waals surface area contributed by atoms with Crippen LogP contribution in [-0.2, 0) is 4.84 Å². The van der Waals surface area contributed by atoms with E-state index < -0.39 is 0 Å². The molecule has 0 unspecified atom stereocenters. The van der Waals surface area contributed by atoms with Crippen LogP contribution in [0.2, 0.25) is 0 Å². The van der Waals surface area contributed by atoms with E-state index in [1.54, 1.807) is 48.7 Å². The van der Waals surface area contributed by atoms with Gasteiger partial charge in [-0.2, -0.15) is 0 Å². The first-order valence-electron chi connectivity index (χ1n) is 6.44. The van der Waals surface area contributed by atoms with Crippen molar-refractivity contribution in [2.24, 2.45) is 0 Å².